The summed E-state index contributed by atoms with van der Waals surface area (Å²) in [6, 6.07) is 0. The minimum Gasteiger partial charge on any atom is -0.385 e. The van der Waals surface area contributed by atoms with E-state index in [9.17, 15) is 9.59 Å². The Labute approximate surface area is 118 Å². The largest absolute Gasteiger partial charge is 0.385 e. The molecule has 1 rings (SSSR count). The van der Waals surface area contributed by atoms with Gasteiger partial charge in [-0.3, -0.25) is 13.9 Å². The summed E-state index contributed by atoms with van der Waals surface area (Å²) in [7, 11) is 3.09. The number of unbranched alkanes of at least 4 members (excludes halogenated alkanes) is 1. The molecule has 0 fully saturated rings. The molecule has 3 N–H and O–H groups in total. The molecule has 0 saturated heterocycles. The molecule has 0 aliphatic rings. The molecular formula is C13H24N4O3. The number of rotatable bonds is 8. The average Bonchev–Trinajstić information content (AvgIpc) is 2.44. The zero-order valence-electron chi connectivity index (χ0n) is 12.4. The fourth-order valence-electron chi connectivity index (χ4n) is 1.91. The van der Waals surface area contributed by atoms with Gasteiger partial charge in [0.05, 0.1) is 0 Å². The summed E-state index contributed by atoms with van der Waals surface area (Å²) in [6.45, 7) is 3.72. The Morgan fingerprint density at radius 3 is 2.60 bits per heavy atom. The summed E-state index contributed by atoms with van der Waals surface area (Å²) in [5, 5.41) is 3.00. The van der Waals surface area contributed by atoms with Crippen molar-refractivity contribution in [3.63, 3.8) is 0 Å². The number of nitrogen functional groups attached to an aromatic ring is 1. The molecule has 0 bridgehead atoms. The van der Waals surface area contributed by atoms with Crippen LogP contribution in [0.15, 0.2) is 9.59 Å². The fourth-order valence-corrected chi connectivity index (χ4v) is 1.91. The molecule has 1 aromatic heterocycles. The smallest absolute Gasteiger partial charge is 0.332 e. The van der Waals surface area contributed by atoms with Crippen LogP contribution in [-0.4, -0.2) is 29.4 Å². The first kappa shape index (κ1) is 16.3. The maximum absolute atomic E-state index is 12.1. The van der Waals surface area contributed by atoms with Gasteiger partial charge in [-0.05, 0) is 12.8 Å². The van der Waals surface area contributed by atoms with Crippen molar-refractivity contribution in [3.8, 4) is 0 Å². The van der Waals surface area contributed by atoms with Crippen LogP contribution in [0, 0.1) is 0 Å². The first-order valence-electron chi connectivity index (χ1n) is 6.86. The molecule has 0 radical (unpaired) electrons. The van der Waals surface area contributed by atoms with Crippen molar-refractivity contribution < 1.29 is 4.74 Å². The molecule has 0 unspecified atom stereocenters. The molecule has 20 heavy (non-hydrogen) atoms. The minimum atomic E-state index is -0.391. The highest BCUT2D eigenvalue weighted by Gasteiger charge is 2.14. The maximum atomic E-state index is 12.1. The molecule has 0 saturated carbocycles. The Bertz CT molecular complexity index is 548. The van der Waals surface area contributed by atoms with Gasteiger partial charge in [-0.25, -0.2) is 4.79 Å². The molecule has 1 aromatic rings. The molecule has 0 spiro atoms. The van der Waals surface area contributed by atoms with E-state index in [1.165, 1.54) is 11.6 Å². The van der Waals surface area contributed by atoms with Gasteiger partial charge in [0.2, 0.25) is 0 Å². The predicted octanol–water partition coefficient (Wildman–Crippen LogP) is 0.378. The minimum absolute atomic E-state index is 0.212. The second kappa shape index (κ2) is 7.74. The van der Waals surface area contributed by atoms with E-state index in [4.69, 9.17) is 10.5 Å². The lowest BCUT2D eigenvalue weighted by Crippen LogP contribution is -2.41. The number of hydrogen-bond acceptors (Lipinski definition) is 5. The lowest BCUT2D eigenvalue weighted by atomic mass is 10.3. The maximum Gasteiger partial charge on any atom is 0.332 e. The molecule has 0 aromatic carbocycles. The van der Waals surface area contributed by atoms with Crippen LogP contribution in [0.2, 0.25) is 0 Å². The molecular weight excluding hydrogens is 260 g/mol. The van der Waals surface area contributed by atoms with E-state index in [2.05, 4.69) is 5.32 Å². The number of nitrogens with one attached hydrogen (secondary N) is 1. The third-order valence-electron chi connectivity index (χ3n) is 3.15. The van der Waals surface area contributed by atoms with Gasteiger partial charge in [-0.15, -0.1) is 0 Å². The second-order valence-corrected chi connectivity index (χ2v) is 4.69. The van der Waals surface area contributed by atoms with Crippen LogP contribution >= 0.6 is 0 Å². The van der Waals surface area contributed by atoms with Crippen LogP contribution in [-0.2, 0) is 18.3 Å². The van der Waals surface area contributed by atoms with Crippen LogP contribution in [0.25, 0.3) is 0 Å². The van der Waals surface area contributed by atoms with Gasteiger partial charge in [0.15, 0.2) is 0 Å². The second-order valence-electron chi connectivity index (χ2n) is 4.69. The summed E-state index contributed by atoms with van der Waals surface area (Å²) in [6.07, 6.45) is 2.55. The standard InChI is InChI=1S/C13H24N4O3/c1-4-5-8-17-11(14)10(15-7-6-9-20-3)12(18)16(2)13(17)19/h15H,4-9,14H2,1-3H3. The highest BCUT2D eigenvalue weighted by molar-refractivity contribution is 5.60. The summed E-state index contributed by atoms with van der Waals surface area (Å²) in [5.41, 5.74) is 5.49. The summed E-state index contributed by atoms with van der Waals surface area (Å²) >= 11 is 0. The van der Waals surface area contributed by atoms with Gasteiger partial charge in [-0.2, -0.15) is 0 Å². The lowest BCUT2D eigenvalue weighted by molar-refractivity contribution is 0.198. The summed E-state index contributed by atoms with van der Waals surface area (Å²) < 4.78 is 7.49. The van der Waals surface area contributed by atoms with Gasteiger partial charge in [0, 0.05) is 33.9 Å². The van der Waals surface area contributed by atoms with Crippen LogP contribution in [0.4, 0.5) is 11.5 Å². The third kappa shape index (κ3) is 3.63. The van der Waals surface area contributed by atoms with Crippen molar-refractivity contribution in [3.05, 3.63) is 20.8 Å². The fraction of sp³-hybridized carbons (Fsp3) is 0.692. The predicted molar refractivity (Wildman–Crippen MR) is 80.2 cm³/mol. The van der Waals surface area contributed by atoms with Crippen molar-refractivity contribution in [1.82, 2.24) is 9.13 Å². The van der Waals surface area contributed by atoms with Gasteiger partial charge in [0.25, 0.3) is 5.56 Å². The van der Waals surface area contributed by atoms with Gasteiger partial charge < -0.3 is 15.8 Å². The first-order valence-corrected chi connectivity index (χ1v) is 6.86. The SMILES string of the molecule is CCCCn1c(N)c(NCCCOC)c(=O)n(C)c1=O. The van der Waals surface area contributed by atoms with E-state index >= 15 is 0 Å². The summed E-state index contributed by atoms with van der Waals surface area (Å²) in [5.74, 6) is 0.212. The molecule has 0 atom stereocenters. The van der Waals surface area contributed by atoms with Crippen LogP contribution in [0.5, 0.6) is 0 Å². The highest BCUT2D eigenvalue weighted by Crippen LogP contribution is 2.11. The topological polar surface area (TPSA) is 91.3 Å². The lowest BCUT2D eigenvalue weighted by Gasteiger charge is -2.15. The van der Waals surface area contributed by atoms with Crippen molar-refractivity contribution in [2.45, 2.75) is 32.7 Å². The zero-order chi connectivity index (χ0) is 15.1. The van der Waals surface area contributed by atoms with Crippen LogP contribution in [0.1, 0.15) is 26.2 Å². The average molecular weight is 284 g/mol. The molecule has 0 aliphatic heterocycles. The highest BCUT2D eigenvalue weighted by atomic mass is 16.5. The van der Waals surface area contributed by atoms with Gasteiger partial charge in [0.1, 0.15) is 11.5 Å². The Morgan fingerprint density at radius 2 is 2.00 bits per heavy atom. The number of methoxy groups -OCH3 is 1. The number of aromatic nitrogens is 2. The number of anilines is 2. The number of ether oxygens (including phenoxy) is 1. The van der Waals surface area contributed by atoms with Crippen LogP contribution < -0.4 is 22.3 Å². The van der Waals surface area contributed by atoms with Crippen molar-refractivity contribution >= 4 is 11.5 Å². The Hall–Kier alpha value is -1.76. The molecule has 1 heterocycles. The molecule has 7 nitrogen and oxygen atoms in total. The number of nitrogens with two attached hydrogens (primary N) is 1. The molecule has 7 heteroatoms. The summed E-state index contributed by atoms with van der Waals surface area (Å²) in [4.78, 5) is 24.1. The van der Waals surface area contributed by atoms with Crippen molar-refractivity contribution in [2.24, 2.45) is 7.05 Å². The van der Waals surface area contributed by atoms with E-state index < -0.39 is 5.56 Å². The van der Waals surface area contributed by atoms with E-state index in [1.807, 2.05) is 6.92 Å². The zero-order valence-corrected chi connectivity index (χ0v) is 12.4. The molecule has 0 amide bonds. The number of hydrogen-bond donors (Lipinski definition) is 2. The van der Waals surface area contributed by atoms with Gasteiger partial charge >= 0.3 is 5.69 Å². The van der Waals surface area contributed by atoms with E-state index in [0.717, 1.165) is 23.8 Å². The Kier molecular flexibility index (Phi) is 6.30. The van der Waals surface area contributed by atoms with Crippen molar-refractivity contribution in [2.75, 3.05) is 31.3 Å². The van der Waals surface area contributed by atoms with E-state index in [0.29, 0.717) is 25.4 Å². The van der Waals surface area contributed by atoms with Crippen molar-refractivity contribution in [1.29, 1.82) is 0 Å². The normalized spacial score (nSPS) is 10.8. The van der Waals surface area contributed by atoms with Crippen LogP contribution in [0.3, 0.4) is 0 Å². The van der Waals surface area contributed by atoms with E-state index in [-0.39, 0.29) is 11.5 Å². The Morgan fingerprint density at radius 1 is 1.30 bits per heavy atom. The first-order chi connectivity index (χ1) is 9.54. The van der Waals surface area contributed by atoms with E-state index in [1.54, 1.807) is 7.11 Å². The third-order valence-corrected chi connectivity index (χ3v) is 3.15. The monoisotopic (exact) mass is 284 g/mol. The Balaban J connectivity index is 3.07. The quantitative estimate of drug-likeness (QED) is 0.673. The molecule has 114 valence electrons. The number of nitrogens with zero attached hydrogens (tertiary/aromatic N) is 2. The van der Waals surface area contributed by atoms with Gasteiger partial charge in [-0.1, -0.05) is 13.3 Å². The molecule has 0 aliphatic carbocycles.